The maximum Gasteiger partial charge on any atom is 0.414 e. The lowest BCUT2D eigenvalue weighted by Gasteiger charge is -2.21. The van der Waals surface area contributed by atoms with Crippen LogP contribution in [0.15, 0.2) is 24.4 Å². The molecule has 0 spiro atoms. The molecule has 0 saturated carbocycles. The molecule has 2 aromatic rings. The molecule has 1 fully saturated rings. The van der Waals surface area contributed by atoms with E-state index in [4.69, 9.17) is 9.84 Å². The minimum atomic E-state index is -1.26. The molecule has 1 aromatic heterocycles. The van der Waals surface area contributed by atoms with Crippen molar-refractivity contribution in [1.82, 2.24) is 15.1 Å². The van der Waals surface area contributed by atoms with E-state index in [1.807, 2.05) is 9.58 Å². The first kappa shape index (κ1) is 21.4. The summed E-state index contributed by atoms with van der Waals surface area (Å²) in [5, 5.41) is 7.33. The maximum atomic E-state index is 15.0. The van der Waals surface area contributed by atoms with Gasteiger partial charge in [-0.15, -0.1) is 0 Å². The van der Waals surface area contributed by atoms with Gasteiger partial charge in [0.2, 0.25) is 5.91 Å². The topological polar surface area (TPSA) is 79.7 Å². The average Bonchev–Trinajstić information content (AvgIpc) is 3.31. The second-order valence-electron chi connectivity index (χ2n) is 9.40. The summed E-state index contributed by atoms with van der Waals surface area (Å²) < 4.78 is 22.3. The number of halogens is 1. The zero-order chi connectivity index (χ0) is 22.3. The fourth-order valence-electron chi connectivity index (χ4n) is 3.96. The lowest BCUT2D eigenvalue weighted by atomic mass is 10.2. The van der Waals surface area contributed by atoms with E-state index in [1.54, 1.807) is 12.1 Å². The number of cyclic esters (lactones) is 1. The Balaban J connectivity index is 1.43. The third-order valence-corrected chi connectivity index (χ3v) is 6.57. The van der Waals surface area contributed by atoms with Crippen molar-refractivity contribution >= 4 is 31.4 Å². The fraction of sp³-hybridized carbons (Fsp3) is 0.476. The minimum absolute atomic E-state index is 0.191. The molecular weight excluding hydrogens is 417 g/mol. The van der Waals surface area contributed by atoms with Gasteiger partial charge in [-0.25, -0.2) is 9.18 Å². The average molecular weight is 446 g/mol. The number of hydrogen-bond acceptors (Lipinski definition) is 5. The van der Waals surface area contributed by atoms with Gasteiger partial charge in [-0.2, -0.15) is 5.10 Å². The quantitative estimate of drug-likeness (QED) is 0.692. The van der Waals surface area contributed by atoms with E-state index in [0.717, 1.165) is 17.4 Å². The van der Waals surface area contributed by atoms with Gasteiger partial charge < -0.3 is 15.0 Å². The summed E-state index contributed by atoms with van der Waals surface area (Å²) in [6, 6.07) is 4.78. The number of benzene rings is 1. The number of amides is 2. The number of carbonyl (C=O) groups is 2. The van der Waals surface area contributed by atoms with Gasteiger partial charge in [0, 0.05) is 31.4 Å². The SMILES string of the molecule is CC(=O)NC[C@H]1CN(c2ccc(N3Cc4cn(C[Si](C)(C)C)nc4C3)c(F)c2)C(=O)O1. The molecule has 10 heteroatoms. The minimum Gasteiger partial charge on any atom is -0.442 e. The number of nitrogens with one attached hydrogen (secondary N) is 1. The molecule has 166 valence electrons. The highest BCUT2D eigenvalue weighted by Crippen LogP contribution is 2.32. The lowest BCUT2D eigenvalue weighted by Crippen LogP contribution is -2.33. The number of carbonyl (C=O) groups excluding carboxylic acids is 2. The van der Waals surface area contributed by atoms with Crippen LogP contribution in [0, 0.1) is 5.82 Å². The molecule has 1 aromatic carbocycles. The standard InChI is InChI=1S/C21H28FN5O3Si/c1-14(28)23-8-17-11-27(21(29)30-17)16-5-6-20(18(22)7-16)25-9-15-10-26(13-31(2,3)4)24-19(15)12-25/h5-7,10,17H,8-9,11-13H2,1-4H3,(H,23,28)/t17-/m0/s1. The first-order valence-electron chi connectivity index (χ1n) is 10.4. The third-order valence-electron chi connectivity index (χ3n) is 5.30. The summed E-state index contributed by atoms with van der Waals surface area (Å²) >= 11 is 0. The van der Waals surface area contributed by atoms with Crippen molar-refractivity contribution in [2.24, 2.45) is 0 Å². The van der Waals surface area contributed by atoms with E-state index in [1.165, 1.54) is 17.9 Å². The summed E-state index contributed by atoms with van der Waals surface area (Å²) in [5.41, 5.74) is 3.05. The molecule has 2 amide bonds. The molecule has 4 rings (SSSR count). The normalized spacial score (nSPS) is 18.4. The van der Waals surface area contributed by atoms with Crippen LogP contribution in [0.3, 0.4) is 0 Å². The first-order valence-corrected chi connectivity index (χ1v) is 14.1. The molecule has 2 aliphatic rings. The van der Waals surface area contributed by atoms with Gasteiger partial charge in [0.05, 0.1) is 44.8 Å². The zero-order valence-corrected chi connectivity index (χ0v) is 19.3. The third kappa shape index (κ3) is 4.73. The summed E-state index contributed by atoms with van der Waals surface area (Å²) in [6.45, 7) is 10.00. The van der Waals surface area contributed by atoms with Crippen LogP contribution in [0.1, 0.15) is 18.2 Å². The Morgan fingerprint density at radius 1 is 1.32 bits per heavy atom. The molecule has 0 radical (unpaired) electrons. The van der Waals surface area contributed by atoms with E-state index in [2.05, 4.69) is 31.2 Å². The van der Waals surface area contributed by atoms with Crippen molar-refractivity contribution in [2.45, 2.75) is 51.9 Å². The number of aromatic nitrogens is 2. The van der Waals surface area contributed by atoms with Crippen LogP contribution in [0.2, 0.25) is 19.6 Å². The number of hydrogen-bond donors (Lipinski definition) is 1. The van der Waals surface area contributed by atoms with Crippen LogP contribution < -0.4 is 15.1 Å². The van der Waals surface area contributed by atoms with Gasteiger partial charge in [0.1, 0.15) is 11.9 Å². The van der Waals surface area contributed by atoms with Gasteiger partial charge in [0.25, 0.3) is 0 Å². The molecule has 0 bridgehead atoms. The van der Waals surface area contributed by atoms with Crippen LogP contribution >= 0.6 is 0 Å². The highest BCUT2D eigenvalue weighted by molar-refractivity contribution is 6.74. The Hall–Kier alpha value is -2.88. The second kappa shape index (κ2) is 7.99. The smallest absolute Gasteiger partial charge is 0.414 e. The first-order chi connectivity index (χ1) is 14.6. The van der Waals surface area contributed by atoms with E-state index in [9.17, 15) is 14.0 Å². The Morgan fingerprint density at radius 2 is 2.10 bits per heavy atom. The molecule has 1 N–H and O–H groups in total. The van der Waals surface area contributed by atoms with Crippen LogP contribution in [0.5, 0.6) is 0 Å². The second-order valence-corrected chi connectivity index (χ2v) is 14.8. The molecule has 1 saturated heterocycles. The van der Waals surface area contributed by atoms with Crippen molar-refractivity contribution in [1.29, 1.82) is 0 Å². The molecule has 8 nitrogen and oxygen atoms in total. The van der Waals surface area contributed by atoms with E-state index in [-0.39, 0.29) is 19.0 Å². The van der Waals surface area contributed by atoms with E-state index < -0.39 is 26.1 Å². The highest BCUT2D eigenvalue weighted by atomic mass is 28.3. The summed E-state index contributed by atoms with van der Waals surface area (Å²) in [4.78, 5) is 26.6. The molecule has 1 atom stereocenters. The van der Waals surface area contributed by atoms with Crippen molar-refractivity contribution in [3.8, 4) is 0 Å². The van der Waals surface area contributed by atoms with Crippen LogP contribution in [-0.2, 0) is 28.8 Å². The number of nitrogens with zero attached hydrogens (tertiary/aromatic N) is 4. The fourth-order valence-corrected chi connectivity index (χ4v) is 5.10. The zero-order valence-electron chi connectivity index (χ0n) is 18.3. The Labute approximate surface area is 182 Å². The van der Waals surface area contributed by atoms with Gasteiger partial charge in [-0.1, -0.05) is 19.6 Å². The number of ether oxygens (including phenoxy) is 1. The van der Waals surface area contributed by atoms with Crippen molar-refractivity contribution in [2.75, 3.05) is 22.9 Å². The van der Waals surface area contributed by atoms with Gasteiger partial charge in [-0.05, 0) is 18.2 Å². The number of rotatable bonds is 6. The molecule has 31 heavy (non-hydrogen) atoms. The lowest BCUT2D eigenvalue weighted by molar-refractivity contribution is -0.119. The highest BCUT2D eigenvalue weighted by Gasteiger charge is 2.33. The summed E-state index contributed by atoms with van der Waals surface area (Å²) in [6.07, 6.45) is 2.05. The van der Waals surface area contributed by atoms with Crippen molar-refractivity contribution < 1.29 is 18.7 Å². The van der Waals surface area contributed by atoms with Crippen LogP contribution in [0.4, 0.5) is 20.6 Å². The van der Waals surface area contributed by atoms with Crippen LogP contribution in [-0.4, -0.2) is 49.0 Å². The maximum absolute atomic E-state index is 15.0. The van der Waals surface area contributed by atoms with E-state index >= 15 is 0 Å². The predicted octanol–water partition coefficient (Wildman–Crippen LogP) is 2.88. The Kier molecular flexibility index (Phi) is 5.50. The summed E-state index contributed by atoms with van der Waals surface area (Å²) in [7, 11) is -1.26. The van der Waals surface area contributed by atoms with Gasteiger partial charge >= 0.3 is 6.09 Å². The van der Waals surface area contributed by atoms with Crippen molar-refractivity contribution in [3.05, 3.63) is 41.5 Å². The molecule has 0 unspecified atom stereocenters. The predicted molar refractivity (Wildman–Crippen MR) is 118 cm³/mol. The molecule has 0 aliphatic carbocycles. The monoisotopic (exact) mass is 445 g/mol. The molecule has 3 heterocycles. The summed E-state index contributed by atoms with van der Waals surface area (Å²) in [5.74, 6) is -0.584. The van der Waals surface area contributed by atoms with E-state index in [0.29, 0.717) is 24.5 Å². The Morgan fingerprint density at radius 3 is 2.74 bits per heavy atom. The Bertz CT molecular complexity index is 995. The van der Waals surface area contributed by atoms with Gasteiger partial charge in [0.15, 0.2) is 0 Å². The molecular formula is C21H28FN5O3Si. The van der Waals surface area contributed by atoms with Crippen LogP contribution in [0.25, 0.3) is 0 Å². The molecule has 2 aliphatic heterocycles. The number of fused-ring (bicyclic) bond motifs is 1. The largest absolute Gasteiger partial charge is 0.442 e. The van der Waals surface area contributed by atoms with Gasteiger partial charge in [-0.3, -0.25) is 14.4 Å². The van der Waals surface area contributed by atoms with Crippen molar-refractivity contribution in [3.63, 3.8) is 0 Å². The number of anilines is 2.